The molecule has 0 bridgehead atoms. The number of benzene rings is 3. The first-order valence-corrected chi connectivity index (χ1v) is 12.3. The number of nitro benzene ring substituents is 1. The Bertz CT molecular complexity index is 1610. The maximum Gasteiger partial charge on any atom is 0.270 e. The molecule has 0 aliphatic carbocycles. The van der Waals surface area contributed by atoms with Gasteiger partial charge in [0, 0.05) is 60.8 Å². The summed E-state index contributed by atoms with van der Waals surface area (Å²) in [6.07, 6.45) is 1.46. The third-order valence-electron chi connectivity index (χ3n) is 6.42. The molecule has 5 rings (SSSR count). The van der Waals surface area contributed by atoms with E-state index < -0.39 is 10.5 Å². The molecule has 11 heteroatoms. The van der Waals surface area contributed by atoms with E-state index in [4.69, 9.17) is 0 Å². The van der Waals surface area contributed by atoms with Crippen LogP contribution in [0.25, 0.3) is 11.3 Å². The minimum atomic E-state index is -0.601. The number of non-ortho nitro benzene ring substituents is 1. The van der Waals surface area contributed by atoms with Crippen molar-refractivity contribution in [3.8, 4) is 17.3 Å². The van der Waals surface area contributed by atoms with E-state index in [0.29, 0.717) is 11.1 Å². The van der Waals surface area contributed by atoms with Crippen LogP contribution in [-0.2, 0) is 0 Å². The molecule has 1 aliphatic heterocycles. The molecule has 0 radical (unpaired) electrons. The van der Waals surface area contributed by atoms with Crippen LogP contribution in [0, 0.1) is 21.4 Å². The molecular weight excluding hydrogens is 496 g/mol. The van der Waals surface area contributed by atoms with Gasteiger partial charge in [-0.25, -0.2) is 10.4 Å². The van der Waals surface area contributed by atoms with E-state index in [-0.39, 0.29) is 22.9 Å². The monoisotopic (exact) mass is 520 g/mol. The molecule has 1 fully saturated rings. The lowest BCUT2D eigenvalue weighted by Crippen LogP contribution is -2.46. The summed E-state index contributed by atoms with van der Waals surface area (Å²) in [6.45, 7) is 3.06. The number of piperazine rings is 1. The van der Waals surface area contributed by atoms with Crippen molar-refractivity contribution in [1.29, 1.82) is 5.26 Å². The van der Waals surface area contributed by atoms with E-state index in [0.717, 1.165) is 37.6 Å². The van der Waals surface area contributed by atoms with Gasteiger partial charge in [0.25, 0.3) is 11.2 Å². The zero-order valence-corrected chi connectivity index (χ0v) is 20.8. The van der Waals surface area contributed by atoms with Crippen LogP contribution in [0.2, 0.25) is 0 Å². The minimum Gasteiger partial charge on any atom is -0.368 e. The molecule has 11 nitrogen and oxygen atoms in total. The molecule has 0 amide bonds. The number of aromatic amines is 1. The number of hydrazone groups is 1. The van der Waals surface area contributed by atoms with E-state index >= 15 is 0 Å². The van der Waals surface area contributed by atoms with Crippen LogP contribution in [0.15, 0.2) is 88.8 Å². The number of rotatable bonds is 7. The van der Waals surface area contributed by atoms with Crippen molar-refractivity contribution in [2.24, 2.45) is 5.10 Å². The predicted octanol–water partition coefficient (Wildman–Crippen LogP) is 3.99. The van der Waals surface area contributed by atoms with Gasteiger partial charge >= 0.3 is 0 Å². The summed E-state index contributed by atoms with van der Waals surface area (Å²) in [7, 11) is 0. The van der Waals surface area contributed by atoms with Crippen LogP contribution in [-0.4, -0.2) is 47.3 Å². The zero-order chi connectivity index (χ0) is 27.2. The van der Waals surface area contributed by atoms with E-state index in [1.54, 1.807) is 30.3 Å². The summed E-state index contributed by atoms with van der Waals surface area (Å²) < 4.78 is 0. The lowest BCUT2D eigenvalue weighted by Gasteiger charge is -2.37. The number of nitrogens with one attached hydrogen (secondary N) is 2. The summed E-state index contributed by atoms with van der Waals surface area (Å²) in [5.74, 6) is 0.0394. The second-order valence-corrected chi connectivity index (χ2v) is 8.80. The SMILES string of the molecule is N#Cc1c(-c2ccccc2)nc(NN=Cc2cc([N+](=O)[O-])ccc2N2CCN(c3ccccc3)CC2)[nH]c1=O. The Morgan fingerprint density at radius 3 is 2.33 bits per heavy atom. The molecule has 4 aromatic rings. The third-order valence-corrected chi connectivity index (χ3v) is 6.42. The number of nitrogens with zero attached hydrogens (tertiary/aromatic N) is 6. The standard InChI is InChI=1S/C28H24N8O3/c29-18-24-26(20-7-3-1-4-8-20)31-28(32-27(24)37)33-30-19-21-17-23(36(38)39)11-12-25(21)35-15-13-34(14-16-35)22-9-5-2-6-10-22/h1-12,17,19H,13-16H2,(H2,31,32,33,37). The highest BCUT2D eigenvalue weighted by Gasteiger charge is 2.21. The van der Waals surface area contributed by atoms with Crippen LogP contribution in [0.3, 0.4) is 0 Å². The number of H-pyrrole nitrogens is 1. The van der Waals surface area contributed by atoms with Crippen LogP contribution < -0.4 is 20.8 Å². The Morgan fingerprint density at radius 2 is 1.67 bits per heavy atom. The molecular formula is C28H24N8O3. The Kier molecular flexibility index (Phi) is 7.27. The molecule has 194 valence electrons. The predicted molar refractivity (Wildman–Crippen MR) is 150 cm³/mol. The van der Waals surface area contributed by atoms with Gasteiger partial charge < -0.3 is 9.80 Å². The molecule has 2 heterocycles. The van der Waals surface area contributed by atoms with Crippen LogP contribution in [0.1, 0.15) is 11.1 Å². The molecule has 0 saturated carbocycles. The van der Waals surface area contributed by atoms with Crippen molar-refractivity contribution >= 4 is 29.2 Å². The maximum atomic E-state index is 12.5. The second-order valence-electron chi connectivity index (χ2n) is 8.80. The van der Waals surface area contributed by atoms with Gasteiger partial charge in [0.1, 0.15) is 11.6 Å². The van der Waals surface area contributed by atoms with Crippen molar-refractivity contribution in [2.45, 2.75) is 0 Å². The fraction of sp³-hybridized carbons (Fsp3) is 0.143. The van der Waals surface area contributed by atoms with Gasteiger partial charge in [0.15, 0.2) is 0 Å². The molecule has 39 heavy (non-hydrogen) atoms. The van der Waals surface area contributed by atoms with Crippen LogP contribution >= 0.6 is 0 Å². The number of nitriles is 1. The second kappa shape index (κ2) is 11.3. The van der Waals surface area contributed by atoms with E-state index in [1.165, 1.54) is 18.3 Å². The topological polar surface area (TPSA) is 144 Å². The fourth-order valence-electron chi connectivity index (χ4n) is 4.49. The molecule has 1 aromatic heterocycles. The van der Waals surface area contributed by atoms with Gasteiger partial charge in [-0.3, -0.25) is 19.9 Å². The Morgan fingerprint density at radius 1 is 1.00 bits per heavy atom. The molecule has 0 spiro atoms. The third kappa shape index (κ3) is 5.60. The van der Waals surface area contributed by atoms with E-state index in [9.17, 15) is 20.2 Å². The average Bonchev–Trinajstić information content (AvgIpc) is 2.98. The van der Waals surface area contributed by atoms with Gasteiger partial charge in [0.05, 0.1) is 16.8 Å². The molecule has 2 N–H and O–H groups in total. The zero-order valence-electron chi connectivity index (χ0n) is 20.8. The first kappa shape index (κ1) is 25.2. The minimum absolute atomic E-state index is 0.0394. The summed E-state index contributed by atoms with van der Waals surface area (Å²) in [5.41, 5.74) is 5.29. The highest BCUT2D eigenvalue weighted by Crippen LogP contribution is 2.27. The Labute approximate surface area is 223 Å². The molecule has 3 aromatic carbocycles. The van der Waals surface area contributed by atoms with E-state index in [2.05, 4.69) is 42.4 Å². The Balaban J connectivity index is 1.39. The molecule has 0 atom stereocenters. The van der Waals surface area contributed by atoms with Crippen molar-refractivity contribution in [3.05, 3.63) is 110 Å². The highest BCUT2D eigenvalue weighted by molar-refractivity contribution is 5.89. The fourth-order valence-corrected chi connectivity index (χ4v) is 4.49. The lowest BCUT2D eigenvalue weighted by atomic mass is 10.1. The van der Waals surface area contributed by atoms with Gasteiger partial charge in [-0.1, -0.05) is 48.5 Å². The average molecular weight is 521 g/mol. The lowest BCUT2D eigenvalue weighted by molar-refractivity contribution is -0.384. The number of aromatic nitrogens is 2. The van der Waals surface area contributed by atoms with E-state index in [1.807, 2.05) is 30.3 Å². The summed E-state index contributed by atoms with van der Waals surface area (Å²) in [5, 5.41) is 25.1. The highest BCUT2D eigenvalue weighted by atomic mass is 16.6. The largest absolute Gasteiger partial charge is 0.368 e. The number of anilines is 3. The smallest absolute Gasteiger partial charge is 0.270 e. The van der Waals surface area contributed by atoms with Gasteiger partial charge in [-0.05, 0) is 18.2 Å². The number of para-hydroxylation sites is 1. The quantitative estimate of drug-likeness (QED) is 0.211. The van der Waals surface area contributed by atoms with Crippen molar-refractivity contribution in [3.63, 3.8) is 0 Å². The van der Waals surface area contributed by atoms with Crippen molar-refractivity contribution in [1.82, 2.24) is 9.97 Å². The van der Waals surface area contributed by atoms with Gasteiger partial charge in [-0.2, -0.15) is 10.4 Å². The number of hydrogen-bond donors (Lipinski definition) is 2. The number of nitro groups is 1. The van der Waals surface area contributed by atoms with Crippen LogP contribution in [0.5, 0.6) is 0 Å². The Hall–Kier alpha value is -5.50. The molecule has 0 unspecified atom stereocenters. The molecule has 1 saturated heterocycles. The van der Waals surface area contributed by atoms with Crippen molar-refractivity contribution in [2.75, 3.05) is 41.4 Å². The first-order valence-electron chi connectivity index (χ1n) is 12.3. The summed E-state index contributed by atoms with van der Waals surface area (Å²) in [4.78, 5) is 34.9. The maximum absolute atomic E-state index is 12.5. The van der Waals surface area contributed by atoms with Crippen molar-refractivity contribution < 1.29 is 4.92 Å². The van der Waals surface area contributed by atoms with Gasteiger partial charge in [-0.15, -0.1) is 0 Å². The van der Waals surface area contributed by atoms with Gasteiger partial charge in [0.2, 0.25) is 5.95 Å². The van der Waals surface area contributed by atoms with Crippen LogP contribution in [0.4, 0.5) is 23.0 Å². The molecule has 1 aliphatic rings. The summed E-state index contributed by atoms with van der Waals surface area (Å²) >= 11 is 0. The summed E-state index contributed by atoms with van der Waals surface area (Å²) in [6, 6.07) is 25.6. The first-order chi connectivity index (χ1) is 19.0. The number of hydrogen-bond acceptors (Lipinski definition) is 9. The normalized spacial score (nSPS) is 13.3.